The fourth-order valence-electron chi connectivity index (χ4n) is 1.72. The Bertz CT molecular complexity index is 854. The summed E-state index contributed by atoms with van der Waals surface area (Å²) >= 11 is 0. The maximum absolute atomic E-state index is 11.6. The van der Waals surface area contributed by atoms with Crippen LogP contribution >= 0.6 is 0 Å². The van der Waals surface area contributed by atoms with Crippen LogP contribution in [0.3, 0.4) is 0 Å². The van der Waals surface area contributed by atoms with Crippen LogP contribution in [0, 0.1) is 0 Å². The number of benzene rings is 1. The van der Waals surface area contributed by atoms with E-state index in [-0.39, 0.29) is 0 Å². The summed E-state index contributed by atoms with van der Waals surface area (Å²) in [5.41, 5.74) is -0.614. The van der Waals surface area contributed by atoms with Crippen molar-refractivity contribution in [2.24, 2.45) is 0 Å². The lowest BCUT2D eigenvalue weighted by molar-refractivity contribution is 0.463. The van der Waals surface area contributed by atoms with Gasteiger partial charge in [0.25, 0.3) is 5.56 Å². The molecule has 1 aromatic carbocycles. The molecule has 0 bridgehead atoms. The van der Waals surface area contributed by atoms with E-state index in [2.05, 4.69) is 15.1 Å². The van der Waals surface area contributed by atoms with Gasteiger partial charge in [0.2, 0.25) is 5.88 Å². The molecule has 2 aromatic heterocycles. The average Bonchev–Trinajstić information content (AvgIpc) is 2.49. The van der Waals surface area contributed by atoms with E-state index in [4.69, 9.17) is 4.74 Å². The number of nitrogens with one attached hydrogen (secondary N) is 1. The zero-order valence-electron chi connectivity index (χ0n) is 10.8. The van der Waals surface area contributed by atoms with Crippen LogP contribution in [-0.2, 0) is 0 Å². The summed E-state index contributed by atoms with van der Waals surface area (Å²) in [7, 11) is 0. The normalized spacial score (nSPS) is 10.3. The summed E-state index contributed by atoms with van der Waals surface area (Å²) in [6.45, 7) is 0. The van der Waals surface area contributed by atoms with Gasteiger partial charge < -0.3 is 4.74 Å². The Hall–Kier alpha value is -3.22. The number of pyridine rings is 1. The van der Waals surface area contributed by atoms with Crippen molar-refractivity contribution in [3.63, 3.8) is 0 Å². The molecule has 0 unspecified atom stereocenters. The first-order valence-corrected chi connectivity index (χ1v) is 6.10. The van der Waals surface area contributed by atoms with Gasteiger partial charge in [0.15, 0.2) is 0 Å². The first kappa shape index (κ1) is 12.8. The fourth-order valence-corrected chi connectivity index (χ4v) is 1.72. The monoisotopic (exact) mass is 282 g/mol. The van der Waals surface area contributed by atoms with Crippen LogP contribution in [0.25, 0.3) is 5.69 Å². The largest absolute Gasteiger partial charge is 0.439 e. The molecule has 0 aliphatic heterocycles. The Morgan fingerprint density at radius 1 is 1.05 bits per heavy atom. The molecule has 0 aliphatic rings. The summed E-state index contributed by atoms with van der Waals surface area (Å²) in [6, 6.07) is 12.0. The highest BCUT2D eigenvalue weighted by molar-refractivity contribution is 5.37. The molecule has 21 heavy (non-hydrogen) atoms. The minimum atomic E-state index is -0.596. The van der Waals surface area contributed by atoms with Crippen molar-refractivity contribution in [3.8, 4) is 17.3 Å². The lowest BCUT2D eigenvalue weighted by Gasteiger charge is -2.06. The third-order valence-electron chi connectivity index (χ3n) is 2.65. The molecule has 3 aromatic rings. The van der Waals surface area contributed by atoms with Gasteiger partial charge in [-0.15, -0.1) is 0 Å². The maximum atomic E-state index is 11.6. The van der Waals surface area contributed by atoms with Crippen LogP contribution in [-0.4, -0.2) is 19.7 Å². The molecule has 0 fully saturated rings. The van der Waals surface area contributed by atoms with Gasteiger partial charge in [0.1, 0.15) is 11.9 Å². The molecule has 2 heterocycles. The van der Waals surface area contributed by atoms with E-state index >= 15 is 0 Å². The number of aromatic amines is 1. The molecular weight excluding hydrogens is 272 g/mol. The van der Waals surface area contributed by atoms with E-state index < -0.39 is 11.2 Å². The minimum absolute atomic E-state index is 0.476. The Kier molecular flexibility index (Phi) is 3.30. The standard InChI is InChI=1S/C14H10N4O3/c19-12-9-16-18(14(20)17-12)10-4-6-11(7-5-10)21-13-3-1-2-8-15-13/h1-9H,(H,17,19,20). The predicted octanol–water partition coefficient (Wildman–Crippen LogP) is 1.11. The maximum Gasteiger partial charge on any atom is 0.349 e. The van der Waals surface area contributed by atoms with Crippen LogP contribution in [0.1, 0.15) is 0 Å². The SMILES string of the molecule is O=c1cnn(-c2ccc(Oc3ccccn3)cc2)c(=O)[nH]1. The second-order valence-corrected chi connectivity index (χ2v) is 4.11. The number of rotatable bonds is 3. The lowest BCUT2D eigenvalue weighted by atomic mass is 10.3. The molecule has 3 rings (SSSR count). The van der Waals surface area contributed by atoms with E-state index in [0.717, 1.165) is 10.9 Å². The average molecular weight is 282 g/mol. The molecule has 0 saturated carbocycles. The quantitative estimate of drug-likeness (QED) is 0.777. The van der Waals surface area contributed by atoms with Crippen molar-refractivity contribution >= 4 is 0 Å². The number of aromatic nitrogens is 4. The third-order valence-corrected chi connectivity index (χ3v) is 2.65. The molecule has 0 radical (unpaired) electrons. The molecule has 0 saturated heterocycles. The van der Waals surface area contributed by atoms with Gasteiger partial charge in [0, 0.05) is 12.3 Å². The van der Waals surface area contributed by atoms with Crippen LogP contribution in [0.4, 0.5) is 0 Å². The van der Waals surface area contributed by atoms with Crippen molar-refractivity contribution in [2.45, 2.75) is 0 Å². The van der Waals surface area contributed by atoms with Gasteiger partial charge >= 0.3 is 5.69 Å². The van der Waals surface area contributed by atoms with Gasteiger partial charge in [-0.2, -0.15) is 9.78 Å². The smallest absolute Gasteiger partial charge is 0.349 e. The Labute approximate surface area is 118 Å². The fraction of sp³-hybridized carbons (Fsp3) is 0. The molecule has 0 atom stereocenters. The number of nitrogens with zero attached hydrogens (tertiary/aromatic N) is 3. The highest BCUT2D eigenvalue weighted by atomic mass is 16.5. The van der Waals surface area contributed by atoms with Gasteiger partial charge in [-0.05, 0) is 30.3 Å². The number of H-pyrrole nitrogens is 1. The molecule has 0 amide bonds. The molecule has 0 aliphatic carbocycles. The topological polar surface area (TPSA) is 89.9 Å². The van der Waals surface area contributed by atoms with E-state index in [1.807, 2.05) is 6.07 Å². The van der Waals surface area contributed by atoms with Crippen LogP contribution < -0.4 is 16.0 Å². The van der Waals surface area contributed by atoms with E-state index in [0.29, 0.717) is 17.3 Å². The number of hydrogen-bond acceptors (Lipinski definition) is 5. The molecule has 7 nitrogen and oxygen atoms in total. The van der Waals surface area contributed by atoms with Crippen LogP contribution in [0.15, 0.2) is 64.4 Å². The highest BCUT2D eigenvalue weighted by Gasteiger charge is 2.03. The van der Waals surface area contributed by atoms with Gasteiger partial charge in [-0.25, -0.2) is 9.78 Å². The zero-order valence-corrected chi connectivity index (χ0v) is 10.8. The van der Waals surface area contributed by atoms with Gasteiger partial charge in [0.05, 0.1) is 5.69 Å². The molecule has 104 valence electrons. The third kappa shape index (κ3) is 2.86. The Morgan fingerprint density at radius 2 is 1.86 bits per heavy atom. The number of hydrogen-bond donors (Lipinski definition) is 1. The molecule has 7 heteroatoms. The molecule has 1 N–H and O–H groups in total. The Morgan fingerprint density at radius 3 is 2.52 bits per heavy atom. The van der Waals surface area contributed by atoms with Gasteiger partial charge in [-0.3, -0.25) is 9.78 Å². The van der Waals surface area contributed by atoms with Crippen molar-refractivity contribution < 1.29 is 4.74 Å². The second kappa shape index (κ2) is 5.41. The first-order chi connectivity index (χ1) is 10.2. The summed E-state index contributed by atoms with van der Waals surface area (Å²) in [4.78, 5) is 28.8. The highest BCUT2D eigenvalue weighted by Crippen LogP contribution is 2.19. The summed E-state index contributed by atoms with van der Waals surface area (Å²) in [6.07, 6.45) is 2.67. The summed E-state index contributed by atoms with van der Waals surface area (Å²) in [5, 5.41) is 3.77. The van der Waals surface area contributed by atoms with Crippen molar-refractivity contribution in [1.82, 2.24) is 19.7 Å². The van der Waals surface area contributed by atoms with E-state index in [9.17, 15) is 9.59 Å². The zero-order chi connectivity index (χ0) is 14.7. The molecular formula is C14H10N4O3. The van der Waals surface area contributed by atoms with Crippen molar-refractivity contribution in [3.05, 3.63) is 75.7 Å². The minimum Gasteiger partial charge on any atom is -0.439 e. The van der Waals surface area contributed by atoms with Gasteiger partial charge in [-0.1, -0.05) is 6.07 Å². The van der Waals surface area contributed by atoms with Crippen molar-refractivity contribution in [1.29, 1.82) is 0 Å². The number of ether oxygens (including phenoxy) is 1. The molecule has 0 spiro atoms. The summed E-state index contributed by atoms with van der Waals surface area (Å²) < 4.78 is 6.63. The van der Waals surface area contributed by atoms with E-state index in [1.165, 1.54) is 0 Å². The first-order valence-electron chi connectivity index (χ1n) is 6.10. The summed E-state index contributed by atoms with van der Waals surface area (Å²) in [5.74, 6) is 1.06. The predicted molar refractivity (Wildman–Crippen MR) is 74.8 cm³/mol. The van der Waals surface area contributed by atoms with E-state index in [1.54, 1.807) is 42.6 Å². The van der Waals surface area contributed by atoms with Crippen LogP contribution in [0.2, 0.25) is 0 Å². The second-order valence-electron chi connectivity index (χ2n) is 4.11. The Balaban J connectivity index is 1.87. The lowest BCUT2D eigenvalue weighted by Crippen LogP contribution is -2.30. The van der Waals surface area contributed by atoms with Crippen molar-refractivity contribution in [2.75, 3.05) is 0 Å². The van der Waals surface area contributed by atoms with Crippen LogP contribution in [0.5, 0.6) is 11.6 Å².